The Balaban J connectivity index is 0.787. The fraction of sp³-hybridized carbons (Fsp3) is 0.143. The van der Waals surface area contributed by atoms with Crippen molar-refractivity contribution in [2.45, 2.75) is 63.6 Å². The van der Waals surface area contributed by atoms with Crippen LogP contribution in [0.25, 0.3) is 143 Å². The topological polar surface area (TPSA) is 44.8 Å². The minimum atomic E-state index is -0.143. The number of epoxide rings is 2. The van der Waals surface area contributed by atoms with E-state index >= 15 is 0 Å². The number of hydrogen-bond acceptors (Lipinski definition) is 2. The van der Waals surface area contributed by atoms with Gasteiger partial charge in [-0.2, -0.15) is 0 Å². The molecule has 20 rings (SSSR count). The van der Waals surface area contributed by atoms with Crippen LogP contribution in [0.5, 0.6) is 0 Å². The molecule has 0 spiro atoms. The van der Waals surface area contributed by atoms with E-state index in [9.17, 15) is 0 Å². The minimum absolute atomic E-state index is 0.143. The highest BCUT2D eigenvalue weighted by atomic mass is 16.6. The smallest absolute Gasteiger partial charge is 0.0850 e. The Morgan fingerprint density at radius 1 is 0.289 bits per heavy atom. The fourth-order valence-electron chi connectivity index (χ4n) is 16.6. The standard InChI is InChI=1S/C84H62N4O2/c1-83(2)71-21-13-11-19-59(71)61-43-69-63-37-49(35-57-47-89-57)23-29-75(63)87(81(69)45-73(61)83)55-27-33-79-67(41-55)65-39-51(25-31-77(65)85(79)53-15-7-5-8-16-53)52-26-32-78-66(40-52)68-42-56(28-34-80(68)86(78)54-17-9-6-10-18-54)88-76-30-24-50(36-58-48-90-58)38-64(76)70-44-62-60-20-12-14-22-72(60)84(3,4)74(62)46-82(70)88/h5-34,37-46,57-58H,35-36,47-48H2,1-4H3. The van der Waals surface area contributed by atoms with Crippen LogP contribution in [0.15, 0.2) is 243 Å². The maximum atomic E-state index is 5.77. The molecular weight excluding hydrogens is 1100 g/mol. The summed E-state index contributed by atoms with van der Waals surface area (Å²) in [6.07, 6.45) is 2.46. The molecule has 430 valence electrons. The number of aromatic nitrogens is 4. The van der Waals surface area contributed by atoms with Crippen LogP contribution < -0.4 is 0 Å². The lowest BCUT2D eigenvalue weighted by Crippen LogP contribution is -2.14. The van der Waals surface area contributed by atoms with Crippen LogP contribution in [-0.2, 0) is 33.1 Å². The molecule has 0 saturated carbocycles. The average molecular weight is 1160 g/mol. The van der Waals surface area contributed by atoms with Gasteiger partial charge in [-0.1, -0.05) is 137 Å². The lowest BCUT2D eigenvalue weighted by molar-refractivity contribution is 0.407. The van der Waals surface area contributed by atoms with Crippen molar-refractivity contribution in [1.82, 2.24) is 18.3 Å². The maximum Gasteiger partial charge on any atom is 0.0850 e. The highest BCUT2D eigenvalue weighted by molar-refractivity contribution is 6.17. The summed E-state index contributed by atoms with van der Waals surface area (Å²) in [5.74, 6) is 0. The molecule has 6 heterocycles. The summed E-state index contributed by atoms with van der Waals surface area (Å²) in [6.45, 7) is 11.2. The Kier molecular flexibility index (Phi) is 10.3. The second-order valence-electron chi connectivity index (χ2n) is 27.1. The zero-order valence-electron chi connectivity index (χ0n) is 50.7. The van der Waals surface area contributed by atoms with Crippen LogP contribution in [0.3, 0.4) is 0 Å². The van der Waals surface area contributed by atoms with Gasteiger partial charge >= 0.3 is 0 Å². The molecular formula is C84H62N4O2. The van der Waals surface area contributed by atoms with Gasteiger partial charge in [0.2, 0.25) is 0 Å². The van der Waals surface area contributed by atoms with Gasteiger partial charge < -0.3 is 27.7 Å². The van der Waals surface area contributed by atoms with E-state index in [1.165, 1.54) is 154 Å². The van der Waals surface area contributed by atoms with Crippen molar-refractivity contribution in [2.75, 3.05) is 13.2 Å². The molecule has 16 aromatic rings. The third-order valence-electron chi connectivity index (χ3n) is 21.2. The van der Waals surface area contributed by atoms with Gasteiger partial charge in [-0.05, 0) is 200 Å². The Morgan fingerprint density at radius 3 is 1.03 bits per heavy atom. The number of para-hydroxylation sites is 2. The second-order valence-corrected chi connectivity index (χ2v) is 27.1. The molecule has 2 atom stereocenters. The predicted molar refractivity (Wildman–Crippen MR) is 371 cm³/mol. The van der Waals surface area contributed by atoms with Gasteiger partial charge in [0.1, 0.15) is 0 Å². The zero-order valence-corrected chi connectivity index (χ0v) is 50.7. The molecule has 0 amide bonds. The summed E-state index contributed by atoms with van der Waals surface area (Å²) in [5.41, 5.74) is 29.7. The third kappa shape index (κ3) is 7.23. The van der Waals surface area contributed by atoms with E-state index in [4.69, 9.17) is 9.47 Å². The average Bonchev–Trinajstić information content (AvgIpc) is 1.58. The van der Waals surface area contributed by atoms with E-state index in [2.05, 4.69) is 289 Å². The summed E-state index contributed by atoms with van der Waals surface area (Å²) >= 11 is 0. The van der Waals surface area contributed by atoms with E-state index in [1.807, 2.05) is 0 Å². The molecule has 2 fully saturated rings. The molecule has 2 aliphatic carbocycles. The first kappa shape index (κ1) is 50.7. The summed E-state index contributed by atoms with van der Waals surface area (Å²) in [7, 11) is 0. The van der Waals surface area contributed by atoms with E-state index in [0.29, 0.717) is 12.2 Å². The van der Waals surface area contributed by atoms with Gasteiger partial charge in [0.05, 0.1) is 69.6 Å². The third-order valence-corrected chi connectivity index (χ3v) is 21.2. The summed E-state index contributed by atoms with van der Waals surface area (Å²) in [6, 6.07) is 92.6. The lowest BCUT2D eigenvalue weighted by atomic mass is 9.82. The monoisotopic (exact) mass is 1160 g/mol. The fourth-order valence-corrected chi connectivity index (χ4v) is 16.6. The van der Waals surface area contributed by atoms with E-state index in [-0.39, 0.29) is 10.8 Å². The quantitative estimate of drug-likeness (QED) is 0.135. The normalized spacial score (nSPS) is 16.8. The largest absolute Gasteiger partial charge is 0.373 e. The van der Waals surface area contributed by atoms with Crippen molar-refractivity contribution in [3.63, 3.8) is 0 Å². The van der Waals surface area contributed by atoms with Crippen LogP contribution in [0.4, 0.5) is 0 Å². The number of rotatable bonds is 9. The molecule has 90 heavy (non-hydrogen) atoms. The Labute approximate surface area is 521 Å². The van der Waals surface area contributed by atoms with Crippen molar-refractivity contribution in [3.05, 3.63) is 276 Å². The number of nitrogens with zero attached hydrogens (tertiary/aromatic N) is 4. The first-order valence-electron chi connectivity index (χ1n) is 32.0. The molecule has 6 nitrogen and oxygen atoms in total. The van der Waals surface area contributed by atoms with Gasteiger partial charge in [-0.3, -0.25) is 0 Å². The molecule has 2 saturated heterocycles. The Morgan fingerprint density at radius 2 is 0.622 bits per heavy atom. The molecule has 0 radical (unpaired) electrons. The number of ether oxygens (including phenoxy) is 2. The van der Waals surface area contributed by atoms with E-state index in [1.54, 1.807) is 0 Å². The van der Waals surface area contributed by atoms with Crippen molar-refractivity contribution in [2.24, 2.45) is 0 Å². The van der Waals surface area contributed by atoms with Crippen LogP contribution in [0.2, 0.25) is 0 Å². The van der Waals surface area contributed by atoms with Crippen LogP contribution in [-0.4, -0.2) is 43.7 Å². The summed E-state index contributed by atoms with van der Waals surface area (Å²) < 4.78 is 21.5. The Bertz CT molecular complexity index is 5440. The van der Waals surface area contributed by atoms with Crippen molar-refractivity contribution >= 4 is 87.2 Å². The first-order chi connectivity index (χ1) is 44.1. The van der Waals surface area contributed by atoms with Crippen LogP contribution in [0.1, 0.15) is 61.1 Å². The SMILES string of the molecule is CC1(C)c2ccccc2-c2cc3c4cc(CC5CO5)ccc4n(-c4ccc5c(c4)c4cc(-c6ccc7c(c6)c6cc(-n8c9ccc(CC%10CO%10)cc9c9cc%10c(cc98)C(C)(C)c8ccccc8-%10)ccc6n7-c6ccccc6)ccc4n5-c4ccccc4)c3cc21. The van der Waals surface area contributed by atoms with Crippen LogP contribution in [0, 0.1) is 0 Å². The highest BCUT2D eigenvalue weighted by Gasteiger charge is 2.38. The lowest BCUT2D eigenvalue weighted by Gasteiger charge is -2.21. The van der Waals surface area contributed by atoms with Crippen molar-refractivity contribution in [3.8, 4) is 56.1 Å². The minimum Gasteiger partial charge on any atom is -0.373 e. The number of benzene rings is 12. The second kappa shape index (κ2) is 18.2. The molecule has 4 aliphatic rings. The Hall–Kier alpha value is -10.2. The zero-order chi connectivity index (χ0) is 59.5. The van der Waals surface area contributed by atoms with Crippen LogP contribution >= 0.6 is 0 Å². The molecule has 12 aromatic carbocycles. The molecule has 2 aliphatic heterocycles. The van der Waals surface area contributed by atoms with E-state index in [0.717, 1.165) is 48.8 Å². The number of hydrogen-bond donors (Lipinski definition) is 0. The molecule has 6 heteroatoms. The van der Waals surface area contributed by atoms with Gasteiger partial charge in [0.25, 0.3) is 0 Å². The van der Waals surface area contributed by atoms with Gasteiger partial charge in [-0.15, -0.1) is 0 Å². The summed E-state index contributed by atoms with van der Waals surface area (Å²) in [5, 5.41) is 9.96. The summed E-state index contributed by atoms with van der Waals surface area (Å²) in [4.78, 5) is 0. The van der Waals surface area contributed by atoms with Gasteiger partial charge in [0, 0.05) is 89.5 Å². The number of fused-ring (bicyclic) bond motifs is 18. The van der Waals surface area contributed by atoms with Gasteiger partial charge in [0.15, 0.2) is 0 Å². The predicted octanol–water partition coefficient (Wildman–Crippen LogP) is 20.2. The van der Waals surface area contributed by atoms with Gasteiger partial charge in [-0.25, -0.2) is 0 Å². The van der Waals surface area contributed by atoms with Crippen molar-refractivity contribution < 1.29 is 9.47 Å². The van der Waals surface area contributed by atoms with E-state index < -0.39 is 0 Å². The maximum absolute atomic E-state index is 5.77. The molecule has 4 aromatic heterocycles. The van der Waals surface area contributed by atoms with Crippen molar-refractivity contribution in [1.29, 1.82) is 0 Å². The first-order valence-corrected chi connectivity index (χ1v) is 32.0. The highest BCUT2D eigenvalue weighted by Crippen LogP contribution is 2.54. The molecule has 0 N–H and O–H groups in total. The molecule has 0 bridgehead atoms. The molecule has 2 unspecified atom stereocenters.